The number of oxazole rings is 1. The first-order chi connectivity index (χ1) is 17.1. The summed E-state index contributed by atoms with van der Waals surface area (Å²) in [6.07, 6.45) is 2.15. The molecule has 35 heavy (non-hydrogen) atoms. The van der Waals surface area contributed by atoms with Crippen molar-refractivity contribution in [2.75, 3.05) is 6.61 Å². The molecule has 0 saturated heterocycles. The molecule has 0 atom stereocenters. The van der Waals surface area contributed by atoms with E-state index in [0.29, 0.717) is 41.4 Å². The number of aliphatic carboxylic acids is 1. The SMILES string of the molecule is O=C(O)COc1cccc(C(=O)C2=C(c3nc(-c4ccccc4)c(-c4ccccc4)o3)CCC2)c1. The van der Waals surface area contributed by atoms with Gasteiger partial charge in [-0.15, -0.1) is 0 Å². The Labute approximate surface area is 202 Å². The third kappa shape index (κ3) is 4.77. The van der Waals surface area contributed by atoms with E-state index in [-0.39, 0.29) is 5.78 Å². The number of carbonyl (C=O) groups is 2. The van der Waals surface area contributed by atoms with Crippen molar-refractivity contribution in [3.8, 4) is 28.3 Å². The Bertz CT molecular complexity index is 1350. The second kappa shape index (κ2) is 9.81. The summed E-state index contributed by atoms with van der Waals surface area (Å²) < 4.78 is 11.6. The first-order valence-corrected chi connectivity index (χ1v) is 11.4. The maximum Gasteiger partial charge on any atom is 0.341 e. The number of carbonyl (C=O) groups excluding carboxylic acids is 1. The fourth-order valence-corrected chi connectivity index (χ4v) is 4.30. The van der Waals surface area contributed by atoms with Crippen molar-refractivity contribution >= 4 is 17.3 Å². The summed E-state index contributed by atoms with van der Waals surface area (Å²) >= 11 is 0. The van der Waals surface area contributed by atoms with E-state index in [4.69, 9.17) is 19.2 Å². The first-order valence-electron chi connectivity index (χ1n) is 11.4. The molecule has 1 N–H and O–H groups in total. The highest BCUT2D eigenvalue weighted by Crippen LogP contribution is 2.40. The third-order valence-corrected chi connectivity index (χ3v) is 5.92. The van der Waals surface area contributed by atoms with Crippen LogP contribution in [0.5, 0.6) is 5.75 Å². The fourth-order valence-electron chi connectivity index (χ4n) is 4.30. The van der Waals surface area contributed by atoms with Crippen molar-refractivity contribution < 1.29 is 23.8 Å². The maximum absolute atomic E-state index is 13.5. The highest BCUT2D eigenvalue weighted by Gasteiger charge is 2.28. The summed E-state index contributed by atoms with van der Waals surface area (Å²) in [5, 5.41) is 8.86. The lowest BCUT2D eigenvalue weighted by Crippen LogP contribution is -2.10. The summed E-state index contributed by atoms with van der Waals surface area (Å²) in [6.45, 7) is -0.466. The first kappa shape index (κ1) is 22.3. The zero-order chi connectivity index (χ0) is 24.2. The Kier molecular flexibility index (Phi) is 6.26. The molecule has 1 heterocycles. The predicted molar refractivity (Wildman–Crippen MR) is 132 cm³/mol. The molecule has 5 rings (SSSR count). The molecule has 0 bridgehead atoms. The van der Waals surface area contributed by atoms with Crippen LogP contribution in [0.4, 0.5) is 0 Å². The molecule has 4 aromatic rings. The number of allylic oxidation sites excluding steroid dienone is 2. The number of Topliss-reactive ketones (excluding diaryl/α,β-unsaturated/α-hetero) is 1. The average molecular weight is 466 g/mol. The lowest BCUT2D eigenvalue weighted by atomic mass is 10.00. The second-order valence-corrected chi connectivity index (χ2v) is 8.28. The summed E-state index contributed by atoms with van der Waals surface area (Å²) in [6, 6.07) is 26.3. The largest absolute Gasteiger partial charge is 0.482 e. The minimum atomic E-state index is -1.07. The Morgan fingerprint density at radius 2 is 1.60 bits per heavy atom. The van der Waals surface area contributed by atoms with Crippen LogP contribution in [0, 0.1) is 0 Å². The predicted octanol–water partition coefficient (Wildman–Crippen LogP) is 6.29. The van der Waals surface area contributed by atoms with Gasteiger partial charge in [-0.3, -0.25) is 4.79 Å². The number of aromatic nitrogens is 1. The van der Waals surface area contributed by atoms with E-state index in [0.717, 1.165) is 28.8 Å². The maximum atomic E-state index is 13.5. The van der Waals surface area contributed by atoms with Crippen LogP contribution in [0.25, 0.3) is 28.2 Å². The van der Waals surface area contributed by atoms with E-state index in [2.05, 4.69) is 0 Å². The monoisotopic (exact) mass is 465 g/mol. The number of ketones is 1. The molecule has 0 aliphatic heterocycles. The van der Waals surface area contributed by atoms with Gasteiger partial charge in [0.25, 0.3) is 0 Å². The number of carboxylic acids is 1. The molecular weight excluding hydrogens is 442 g/mol. The van der Waals surface area contributed by atoms with Gasteiger partial charge in [0.1, 0.15) is 11.4 Å². The van der Waals surface area contributed by atoms with Crippen molar-refractivity contribution in [1.29, 1.82) is 0 Å². The Morgan fingerprint density at radius 3 is 2.31 bits per heavy atom. The molecule has 0 fully saturated rings. The number of hydrogen-bond acceptors (Lipinski definition) is 5. The van der Waals surface area contributed by atoms with Crippen LogP contribution < -0.4 is 4.74 Å². The van der Waals surface area contributed by atoms with Gasteiger partial charge in [-0.2, -0.15) is 0 Å². The molecular formula is C29H23NO5. The Balaban J connectivity index is 1.55. The van der Waals surface area contributed by atoms with Crippen LogP contribution in [0.3, 0.4) is 0 Å². The number of carboxylic acid groups (broad SMARTS) is 1. The van der Waals surface area contributed by atoms with Gasteiger partial charge in [0.05, 0.1) is 0 Å². The van der Waals surface area contributed by atoms with Gasteiger partial charge in [0.2, 0.25) is 5.89 Å². The summed E-state index contributed by atoms with van der Waals surface area (Å²) in [5.74, 6) is 0.269. The Hall–Kier alpha value is -4.45. The Morgan fingerprint density at radius 1 is 0.886 bits per heavy atom. The lowest BCUT2D eigenvalue weighted by molar-refractivity contribution is -0.139. The van der Waals surface area contributed by atoms with E-state index in [1.54, 1.807) is 24.3 Å². The molecule has 0 spiro atoms. The molecule has 0 radical (unpaired) electrons. The zero-order valence-electron chi connectivity index (χ0n) is 18.9. The molecule has 0 unspecified atom stereocenters. The molecule has 1 aliphatic rings. The molecule has 0 amide bonds. The van der Waals surface area contributed by atoms with Crippen LogP contribution in [0.15, 0.2) is 94.9 Å². The van der Waals surface area contributed by atoms with Crippen LogP contribution in [-0.2, 0) is 4.79 Å². The minimum Gasteiger partial charge on any atom is -0.482 e. The van der Waals surface area contributed by atoms with Gasteiger partial charge in [-0.1, -0.05) is 72.8 Å². The molecule has 6 nitrogen and oxygen atoms in total. The van der Waals surface area contributed by atoms with Gasteiger partial charge in [0, 0.05) is 27.8 Å². The summed E-state index contributed by atoms with van der Waals surface area (Å²) in [7, 11) is 0. The highest BCUT2D eigenvalue weighted by atomic mass is 16.5. The number of hydrogen-bond donors (Lipinski definition) is 1. The molecule has 3 aromatic carbocycles. The minimum absolute atomic E-state index is 0.126. The summed E-state index contributed by atoms with van der Waals surface area (Å²) in [5.41, 5.74) is 4.52. The fraction of sp³-hybridized carbons (Fsp3) is 0.138. The second-order valence-electron chi connectivity index (χ2n) is 8.28. The smallest absolute Gasteiger partial charge is 0.341 e. The van der Waals surface area contributed by atoms with Gasteiger partial charge in [-0.25, -0.2) is 9.78 Å². The number of ether oxygens (including phenoxy) is 1. The van der Waals surface area contributed by atoms with Crippen LogP contribution in [0.2, 0.25) is 0 Å². The van der Waals surface area contributed by atoms with Gasteiger partial charge in [-0.05, 0) is 31.4 Å². The van der Waals surface area contributed by atoms with Crippen molar-refractivity contribution in [3.05, 3.63) is 102 Å². The number of benzene rings is 3. The van der Waals surface area contributed by atoms with Crippen LogP contribution in [-0.4, -0.2) is 28.4 Å². The van der Waals surface area contributed by atoms with Gasteiger partial charge < -0.3 is 14.3 Å². The zero-order valence-corrected chi connectivity index (χ0v) is 18.9. The lowest BCUT2D eigenvalue weighted by Gasteiger charge is -2.07. The molecule has 0 saturated carbocycles. The van der Waals surface area contributed by atoms with Crippen molar-refractivity contribution in [2.24, 2.45) is 0 Å². The average Bonchev–Trinajstić information content (AvgIpc) is 3.56. The van der Waals surface area contributed by atoms with Gasteiger partial charge >= 0.3 is 5.97 Å². The van der Waals surface area contributed by atoms with Crippen molar-refractivity contribution in [2.45, 2.75) is 19.3 Å². The van der Waals surface area contributed by atoms with Gasteiger partial charge in [0.15, 0.2) is 18.2 Å². The van der Waals surface area contributed by atoms with Crippen molar-refractivity contribution in [1.82, 2.24) is 4.98 Å². The molecule has 1 aromatic heterocycles. The third-order valence-electron chi connectivity index (χ3n) is 5.92. The topological polar surface area (TPSA) is 89.6 Å². The summed E-state index contributed by atoms with van der Waals surface area (Å²) in [4.78, 5) is 29.1. The quantitative estimate of drug-likeness (QED) is 0.308. The molecule has 6 heteroatoms. The van der Waals surface area contributed by atoms with Crippen molar-refractivity contribution in [3.63, 3.8) is 0 Å². The van der Waals surface area contributed by atoms with E-state index < -0.39 is 12.6 Å². The normalized spacial score (nSPS) is 13.1. The molecule has 174 valence electrons. The van der Waals surface area contributed by atoms with E-state index in [1.165, 1.54) is 0 Å². The van der Waals surface area contributed by atoms with Crippen LogP contribution >= 0.6 is 0 Å². The van der Waals surface area contributed by atoms with E-state index in [1.807, 2.05) is 60.7 Å². The highest BCUT2D eigenvalue weighted by molar-refractivity contribution is 6.13. The standard InChI is InChI=1S/C29H23NO5/c31-25(32)18-34-22-14-7-13-21(17-22)27(33)23-15-8-16-24(23)29-30-26(19-9-3-1-4-10-19)28(35-29)20-11-5-2-6-12-20/h1-7,9-14,17H,8,15-16,18H2,(H,31,32). The number of nitrogens with zero attached hydrogens (tertiary/aromatic N) is 1. The van der Waals surface area contributed by atoms with E-state index >= 15 is 0 Å². The number of rotatable bonds is 8. The van der Waals surface area contributed by atoms with Crippen LogP contribution in [0.1, 0.15) is 35.5 Å². The molecule has 1 aliphatic carbocycles. The van der Waals surface area contributed by atoms with E-state index in [9.17, 15) is 9.59 Å².